The van der Waals surface area contributed by atoms with Crippen LogP contribution in [-0.2, 0) is 0 Å². The van der Waals surface area contributed by atoms with E-state index < -0.39 is 0 Å². The Morgan fingerprint density at radius 2 is 1.47 bits per heavy atom. The van der Waals surface area contributed by atoms with E-state index in [2.05, 4.69) is 44.6 Å². The molecule has 2 aromatic carbocycles. The van der Waals surface area contributed by atoms with E-state index in [4.69, 9.17) is 14.2 Å². The van der Waals surface area contributed by atoms with Crippen molar-refractivity contribution in [3.05, 3.63) is 53.9 Å². The van der Waals surface area contributed by atoms with E-state index in [1.165, 1.54) is 5.56 Å². The van der Waals surface area contributed by atoms with Crippen LogP contribution in [0.25, 0.3) is 0 Å². The highest BCUT2D eigenvalue weighted by atomic mass is 16.5. The number of urea groups is 1. The summed E-state index contributed by atoms with van der Waals surface area (Å²) in [4.78, 5) is 26.0. The van der Waals surface area contributed by atoms with Gasteiger partial charge in [0.2, 0.25) is 5.75 Å². The summed E-state index contributed by atoms with van der Waals surface area (Å²) >= 11 is 0. The van der Waals surface area contributed by atoms with E-state index in [0.717, 1.165) is 17.3 Å². The molecule has 0 bridgehead atoms. The van der Waals surface area contributed by atoms with E-state index in [1.807, 2.05) is 25.1 Å². The van der Waals surface area contributed by atoms with Gasteiger partial charge >= 0.3 is 6.03 Å². The summed E-state index contributed by atoms with van der Waals surface area (Å²) < 4.78 is 16.1. The molecule has 4 rings (SSSR count). The third-order valence-electron chi connectivity index (χ3n) is 5.96. The highest BCUT2D eigenvalue weighted by Crippen LogP contribution is 2.40. The fourth-order valence-corrected chi connectivity index (χ4v) is 4.06. The Bertz CT molecular complexity index is 1180. The summed E-state index contributed by atoms with van der Waals surface area (Å²) in [6.07, 6.45) is 0. The van der Waals surface area contributed by atoms with Crippen LogP contribution in [0.4, 0.5) is 27.8 Å². The summed E-state index contributed by atoms with van der Waals surface area (Å²) in [6.45, 7) is 6.36. The summed E-state index contributed by atoms with van der Waals surface area (Å²) in [7, 11) is 4.62. The van der Waals surface area contributed by atoms with Gasteiger partial charge < -0.3 is 34.6 Å². The number of piperazine rings is 1. The first kappa shape index (κ1) is 24.9. The lowest BCUT2D eigenvalue weighted by Gasteiger charge is -2.35. The van der Waals surface area contributed by atoms with E-state index in [1.54, 1.807) is 38.4 Å². The van der Waals surface area contributed by atoms with Crippen LogP contribution in [0.1, 0.15) is 11.4 Å². The van der Waals surface area contributed by atoms with Crippen molar-refractivity contribution in [2.75, 3.05) is 63.0 Å². The van der Waals surface area contributed by atoms with Crippen molar-refractivity contribution >= 4 is 29.0 Å². The fraction of sp³-hybridized carbons (Fsp3) is 0.346. The maximum Gasteiger partial charge on any atom is 0.321 e. The summed E-state index contributed by atoms with van der Waals surface area (Å²) in [6, 6.07) is 13.3. The smallest absolute Gasteiger partial charge is 0.321 e. The molecule has 1 aromatic heterocycles. The van der Waals surface area contributed by atoms with Crippen molar-refractivity contribution < 1.29 is 19.0 Å². The zero-order valence-corrected chi connectivity index (χ0v) is 21.3. The Morgan fingerprint density at radius 3 is 2.06 bits per heavy atom. The van der Waals surface area contributed by atoms with Crippen molar-refractivity contribution in [1.29, 1.82) is 0 Å². The standard InChI is InChI=1S/C26H32N6O4/c1-17-6-8-19(9-7-17)29-23-16-24(28-18(2)27-23)31-10-12-32(13-11-31)26(33)30-20-14-21(34-3)25(36-5)22(15-20)35-4/h6-9,14-16H,10-13H2,1-5H3,(H,30,33)(H,27,28,29). The molecule has 0 radical (unpaired) electrons. The molecule has 0 aliphatic carbocycles. The second-order valence-electron chi connectivity index (χ2n) is 8.47. The number of rotatable bonds is 7. The molecule has 2 amide bonds. The SMILES string of the molecule is COc1cc(NC(=O)N2CCN(c3cc(Nc4ccc(C)cc4)nc(C)n3)CC2)cc(OC)c1OC. The van der Waals surface area contributed by atoms with Crippen LogP contribution in [0.3, 0.4) is 0 Å². The number of amides is 2. The molecule has 0 spiro atoms. The van der Waals surface area contributed by atoms with Crippen molar-refractivity contribution in [2.45, 2.75) is 13.8 Å². The molecule has 2 heterocycles. The number of nitrogens with one attached hydrogen (secondary N) is 2. The quantitative estimate of drug-likeness (QED) is 0.506. The van der Waals surface area contributed by atoms with Crippen LogP contribution in [0.2, 0.25) is 0 Å². The van der Waals surface area contributed by atoms with Gasteiger partial charge in [0, 0.05) is 50.1 Å². The molecule has 0 unspecified atom stereocenters. The van der Waals surface area contributed by atoms with E-state index >= 15 is 0 Å². The van der Waals surface area contributed by atoms with Crippen molar-refractivity contribution in [3.63, 3.8) is 0 Å². The lowest BCUT2D eigenvalue weighted by molar-refractivity contribution is 0.208. The first-order valence-corrected chi connectivity index (χ1v) is 11.7. The number of ether oxygens (including phenoxy) is 3. The second kappa shape index (κ2) is 11.0. The van der Waals surface area contributed by atoms with Gasteiger partial charge in [-0.2, -0.15) is 0 Å². The number of hydrogen-bond acceptors (Lipinski definition) is 8. The lowest BCUT2D eigenvalue weighted by Crippen LogP contribution is -2.50. The summed E-state index contributed by atoms with van der Waals surface area (Å²) in [5.74, 6) is 3.69. The molecule has 2 N–H and O–H groups in total. The molecule has 1 aliphatic rings. The van der Waals surface area contributed by atoms with Crippen molar-refractivity contribution in [1.82, 2.24) is 14.9 Å². The number of anilines is 4. The van der Waals surface area contributed by atoms with Gasteiger partial charge in [0.15, 0.2) is 11.5 Å². The summed E-state index contributed by atoms with van der Waals surface area (Å²) in [5.41, 5.74) is 2.74. The predicted octanol–water partition coefficient (Wildman–Crippen LogP) is 4.22. The lowest BCUT2D eigenvalue weighted by atomic mass is 10.2. The molecule has 1 fully saturated rings. The molecule has 36 heavy (non-hydrogen) atoms. The number of benzene rings is 2. The number of hydrogen-bond donors (Lipinski definition) is 2. The van der Waals surface area contributed by atoms with Crippen LogP contribution in [0.5, 0.6) is 17.2 Å². The van der Waals surface area contributed by atoms with Gasteiger partial charge in [0.1, 0.15) is 17.5 Å². The minimum atomic E-state index is -0.190. The van der Waals surface area contributed by atoms with E-state index in [0.29, 0.717) is 54.9 Å². The van der Waals surface area contributed by atoms with Crippen LogP contribution in [0.15, 0.2) is 42.5 Å². The average molecular weight is 493 g/mol. The number of carbonyl (C=O) groups excluding carboxylic acids is 1. The molecule has 1 saturated heterocycles. The fourth-order valence-electron chi connectivity index (χ4n) is 4.06. The van der Waals surface area contributed by atoms with Crippen LogP contribution in [0, 0.1) is 13.8 Å². The molecule has 0 atom stereocenters. The third-order valence-corrected chi connectivity index (χ3v) is 5.96. The number of nitrogens with zero attached hydrogens (tertiary/aromatic N) is 4. The van der Waals surface area contributed by atoms with Crippen LogP contribution >= 0.6 is 0 Å². The van der Waals surface area contributed by atoms with Crippen molar-refractivity contribution in [3.8, 4) is 17.2 Å². The molecular formula is C26H32N6O4. The average Bonchev–Trinajstić information content (AvgIpc) is 2.89. The summed E-state index contributed by atoms with van der Waals surface area (Å²) in [5, 5.41) is 6.28. The maximum absolute atomic E-state index is 12.9. The molecule has 1 aliphatic heterocycles. The predicted molar refractivity (Wildman–Crippen MR) is 140 cm³/mol. The van der Waals surface area contributed by atoms with E-state index in [-0.39, 0.29) is 6.03 Å². The van der Waals surface area contributed by atoms with Crippen LogP contribution < -0.4 is 29.7 Å². The van der Waals surface area contributed by atoms with Gasteiger partial charge in [-0.15, -0.1) is 0 Å². The van der Waals surface area contributed by atoms with Gasteiger partial charge in [-0.25, -0.2) is 14.8 Å². The molecule has 190 valence electrons. The normalized spacial score (nSPS) is 13.2. The number of aromatic nitrogens is 2. The molecular weight excluding hydrogens is 460 g/mol. The number of carbonyl (C=O) groups is 1. The monoisotopic (exact) mass is 492 g/mol. The molecule has 10 heteroatoms. The third kappa shape index (κ3) is 5.70. The Hall–Kier alpha value is -4.21. The Morgan fingerprint density at radius 1 is 0.833 bits per heavy atom. The highest BCUT2D eigenvalue weighted by Gasteiger charge is 2.23. The van der Waals surface area contributed by atoms with Gasteiger partial charge in [-0.1, -0.05) is 17.7 Å². The highest BCUT2D eigenvalue weighted by molar-refractivity contribution is 5.90. The molecule has 3 aromatic rings. The Balaban J connectivity index is 1.39. The van der Waals surface area contributed by atoms with Crippen LogP contribution in [-0.4, -0.2) is 68.4 Å². The molecule has 0 saturated carbocycles. The Kier molecular flexibility index (Phi) is 7.62. The molecule has 10 nitrogen and oxygen atoms in total. The van der Waals surface area contributed by atoms with E-state index in [9.17, 15) is 4.79 Å². The first-order valence-electron chi connectivity index (χ1n) is 11.7. The van der Waals surface area contributed by atoms with Gasteiger partial charge in [-0.05, 0) is 26.0 Å². The number of methoxy groups -OCH3 is 3. The largest absolute Gasteiger partial charge is 0.493 e. The topological polar surface area (TPSA) is 101 Å². The zero-order chi connectivity index (χ0) is 25.7. The van der Waals surface area contributed by atoms with Gasteiger partial charge in [0.05, 0.1) is 27.0 Å². The number of aryl methyl sites for hydroxylation is 2. The zero-order valence-electron chi connectivity index (χ0n) is 21.3. The maximum atomic E-state index is 12.9. The van der Waals surface area contributed by atoms with Crippen molar-refractivity contribution in [2.24, 2.45) is 0 Å². The minimum Gasteiger partial charge on any atom is -0.493 e. The Labute approximate surface area is 211 Å². The van der Waals surface area contributed by atoms with Gasteiger partial charge in [0.25, 0.3) is 0 Å². The second-order valence-corrected chi connectivity index (χ2v) is 8.47. The minimum absolute atomic E-state index is 0.190. The van der Waals surface area contributed by atoms with Gasteiger partial charge in [-0.3, -0.25) is 0 Å². The first-order chi connectivity index (χ1) is 17.4.